The van der Waals surface area contributed by atoms with E-state index in [2.05, 4.69) is 17.6 Å². The summed E-state index contributed by atoms with van der Waals surface area (Å²) in [6, 6.07) is 0. The summed E-state index contributed by atoms with van der Waals surface area (Å²) in [5, 5.41) is 3.01. The lowest BCUT2D eigenvalue weighted by Crippen LogP contribution is -1.94. The second kappa shape index (κ2) is 3.54. The summed E-state index contributed by atoms with van der Waals surface area (Å²) in [4.78, 5) is 0. The number of allylic oxidation sites excluding steroid dienone is 1. The van der Waals surface area contributed by atoms with E-state index in [-0.39, 0.29) is 0 Å². The Morgan fingerprint density at radius 1 is 1.33 bits per heavy atom. The van der Waals surface area contributed by atoms with Gasteiger partial charge < -0.3 is 5.32 Å². The Labute approximate surface area is 57.1 Å². The zero-order chi connectivity index (χ0) is 6.53. The van der Waals surface area contributed by atoms with Gasteiger partial charge in [-0.05, 0) is 25.0 Å². The molecule has 1 saturated carbocycles. The van der Waals surface area contributed by atoms with Gasteiger partial charge in [0.05, 0.1) is 0 Å². The van der Waals surface area contributed by atoms with Gasteiger partial charge in [-0.3, -0.25) is 0 Å². The van der Waals surface area contributed by atoms with Gasteiger partial charge in [0.2, 0.25) is 0 Å². The van der Waals surface area contributed by atoms with E-state index in [1.807, 2.05) is 7.05 Å². The molecule has 0 bridgehead atoms. The monoisotopic (exact) mass is 125 g/mol. The molecule has 0 aliphatic heterocycles. The van der Waals surface area contributed by atoms with Crippen molar-refractivity contribution in [1.82, 2.24) is 5.32 Å². The first-order chi connectivity index (χ1) is 4.43. The van der Waals surface area contributed by atoms with Crippen LogP contribution < -0.4 is 5.32 Å². The van der Waals surface area contributed by atoms with Crippen LogP contribution in [0.15, 0.2) is 12.3 Å². The number of nitrogens with one attached hydrogen (secondary N) is 1. The standard InChI is InChI=1S/C8H15N/c1-9-7-6-8-4-2-3-5-8/h6-9H,2-5H2,1H3/b7-6+. The van der Waals surface area contributed by atoms with Crippen molar-refractivity contribution in [1.29, 1.82) is 0 Å². The summed E-state index contributed by atoms with van der Waals surface area (Å²) >= 11 is 0. The van der Waals surface area contributed by atoms with Crippen molar-refractivity contribution in [3.05, 3.63) is 12.3 Å². The fourth-order valence-corrected chi connectivity index (χ4v) is 1.38. The molecule has 0 radical (unpaired) electrons. The van der Waals surface area contributed by atoms with Crippen LogP contribution >= 0.6 is 0 Å². The lowest BCUT2D eigenvalue weighted by Gasteiger charge is -1.98. The van der Waals surface area contributed by atoms with E-state index >= 15 is 0 Å². The second-order valence-electron chi connectivity index (χ2n) is 2.69. The van der Waals surface area contributed by atoms with E-state index in [9.17, 15) is 0 Å². The van der Waals surface area contributed by atoms with Crippen molar-refractivity contribution in [3.8, 4) is 0 Å². The number of rotatable bonds is 2. The maximum Gasteiger partial charge on any atom is 0.00276 e. The highest BCUT2D eigenvalue weighted by Crippen LogP contribution is 2.25. The average molecular weight is 125 g/mol. The van der Waals surface area contributed by atoms with E-state index in [4.69, 9.17) is 0 Å². The van der Waals surface area contributed by atoms with Crippen LogP contribution in [0.5, 0.6) is 0 Å². The predicted octanol–water partition coefficient (Wildman–Crippen LogP) is 1.91. The van der Waals surface area contributed by atoms with Crippen LogP contribution in [0, 0.1) is 5.92 Å². The quantitative estimate of drug-likeness (QED) is 0.594. The summed E-state index contributed by atoms with van der Waals surface area (Å²) in [5.41, 5.74) is 0. The van der Waals surface area contributed by atoms with Gasteiger partial charge in [0.15, 0.2) is 0 Å². The molecule has 0 unspecified atom stereocenters. The van der Waals surface area contributed by atoms with E-state index < -0.39 is 0 Å². The lowest BCUT2D eigenvalue weighted by atomic mass is 10.1. The third-order valence-corrected chi connectivity index (χ3v) is 1.93. The van der Waals surface area contributed by atoms with Crippen LogP contribution in [0.1, 0.15) is 25.7 Å². The molecular formula is C8H15N. The van der Waals surface area contributed by atoms with Crippen molar-refractivity contribution in [2.24, 2.45) is 5.92 Å². The lowest BCUT2D eigenvalue weighted by molar-refractivity contribution is 0.681. The summed E-state index contributed by atoms with van der Waals surface area (Å²) in [6.07, 6.45) is 10.00. The van der Waals surface area contributed by atoms with Gasteiger partial charge in [-0.15, -0.1) is 0 Å². The van der Waals surface area contributed by atoms with Crippen molar-refractivity contribution < 1.29 is 0 Å². The smallest absolute Gasteiger partial charge is 0.00276 e. The predicted molar refractivity (Wildman–Crippen MR) is 40.2 cm³/mol. The van der Waals surface area contributed by atoms with Gasteiger partial charge in [0, 0.05) is 7.05 Å². The topological polar surface area (TPSA) is 12.0 Å². The molecule has 1 fully saturated rings. The van der Waals surface area contributed by atoms with Crippen molar-refractivity contribution in [3.63, 3.8) is 0 Å². The maximum absolute atomic E-state index is 3.01. The van der Waals surface area contributed by atoms with E-state index in [1.165, 1.54) is 25.7 Å². The Hall–Kier alpha value is -0.460. The molecule has 0 aromatic heterocycles. The van der Waals surface area contributed by atoms with Crippen LogP contribution in [-0.2, 0) is 0 Å². The molecule has 52 valence electrons. The number of hydrogen-bond acceptors (Lipinski definition) is 1. The second-order valence-corrected chi connectivity index (χ2v) is 2.69. The average Bonchev–Trinajstić information content (AvgIpc) is 2.34. The molecular weight excluding hydrogens is 110 g/mol. The molecule has 0 heterocycles. The van der Waals surface area contributed by atoms with Gasteiger partial charge in [-0.2, -0.15) is 0 Å². The highest BCUT2D eigenvalue weighted by molar-refractivity contribution is 4.88. The minimum Gasteiger partial charge on any atom is -0.394 e. The molecule has 1 heteroatoms. The molecule has 1 aliphatic rings. The molecule has 0 amide bonds. The number of hydrogen-bond donors (Lipinski definition) is 1. The summed E-state index contributed by atoms with van der Waals surface area (Å²) in [6.45, 7) is 0. The third-order valence-electron chi connectivity index (χ3n) is 1.93. The molecule has 0 saturated heterocycles. The molecule has 0 aromatic rings. The minimum atomic E-state index is 0.873. The summed E-state index contributed by atoms with van der Waals surface area (Å²) in [7, 11) is 1.95. The van der Waals surface area contributed by atoms with Gasteiger partial charge in [0.25, 0.3) is 0 Å². The highest BCUT2D eigenvalue weighted by atomic mass is 14.8. The van der Waals surface area contributed by atoms with Gasteiger partial charge in [-0.25, -0.2) is 0 Å². The van der Waals surface area contributed by atoms with E-state index in [1.54, 1.807) is 0 Å². The van der Waals surface area contributed by atoms with Gasteiger partial charge in [0.1, 0.15) is 0 Å². The fraction of sp³-hybridized carbons (Fsp3) is 0.750. The molecule has 1 N–H and O–H groups in total. The van der Waals surface area contributed by atoms with E-state index in [0.29, 0.717) is 0 Å². The summed E-state index contributed by atoms with van der Waals surface area (Å²) < 4.78 is 0. The molecule has 1 aliphatic carbocycles. The SMILES string of the molecule is CN/C=C/C1CCCC1. The van der Waals surface area contributed by atoms with Crippen LogP contribution in [0.3, 0.4) is 0 Å². The van der Waals surface area contributed by atoms with Crippen molar-refractivity contribution in [2.45, 2.75) is 25.7 Å². The Kier molecular flexibility index (Phi) is 2.62. The first-order valence-electron chi connectivity index (χ1n) is 3.77. The molecule has 1 nitrogen and oxygen atoms in total. The fourth-order valence-electron chi connectivity index (χ4n) is 1.38. The normalized spacial score (nSPS) is 21.4. The molecule has 0 atom stereocenters. The molecule has 0 spiro atoms. The van der Waals surface area contributed by atoms with Gasteiger partial charge >= 0.3 is 0 Å². The summed E-state index contributed by atoms with van der Waals surface area (Å²) in [5.74, 6) is 0.873. The highest BCUT2D eigenvalue weighted by Gasteiger charge is 2.10. The first kappa shape index (κ1) is 6.66. The van der Waals surface area contributed by atoms with Crippen LogP contribution in [0.25, 0.3) is 0 Å². The Morgan fingerprint density at radius 3 is 2.56 bits per heavy atom. The molecule has 1 rings (SSSR count). The third kappa shape index (κ3) is 2.08. The van der Waals surface area contributed by atoms with E-state index in [0.717, 1.165) is 5.92 Å². The zero-order valence-corrected chi connectivity index (χ0v) is 6.06. The Balaban J connectivity index is 2.18. The zero-order valence-electron chi connectivity index (χ0n) is 6.06. The van der Waals surface area contributed by atoms with Crippen molar-refractivity contribution in [2.75, 3.05) is 7.05 Å². The first-order valence-corrected chi connectivity index (χ1v) is 3.77. The van der Waals surface area contributed by atoms with Crippen LogP contribution in [-0.4, -0.2) is 7.05 Å². The Bertz CT molecular complexity index is 90.7. The van der Waals surface area contributed by atoms with Crippen LogP contribution in [0.4, 0.5) is 0 Å². The Morgan fingerprint density at radius 2 is 2.00 bits per heavy atom. The van der Waals surface area contributed by atoms with Crippen LogP contribution in [0.2, 0.25) is 0 Å². The van der Waals surface area contributed by atoms with Gasteiger partial charge in [-0.1, -0.05) is 18.9 Å². The largest absolute Gasteiger partial charge is 0.394 e. The molecule has 0 aromatic carbocycles. The maximum atomic E-state index is 3.01. The van der Waals surface area contributed by atoms with Crippen molar-refractivity contribution >= 4 is 0 Å². The molecule has 9 heavy (non-hydrogen) atoms. The minimum absolute atomic E-state index is 0.873.